The number of benzene rings is 8. The van der Waals surface area contributed by atoms with Crippen molar-refractivity contribution in [3.05, 3.63) is 180 Å². The fourth-order valence-corrected chi connectivity index (χ4v) is 7.98. The molecule has 256 valence electrons. The summed E-state index contributed by atoms with van der Waals surface area (Å²) in [5, 5.41) is 15.4. The van der Waals surface area contributed by atoms with E-state index in [1.54, 1.807) is 0 Å². The summed E-state index contributed by atoms with van der Waals surface area (Å²) in [6, 6.07) is 55.8. The van der Waals surface area contributed by atoms with Crippen molar-refractivity contribution < 1.29 is 8.83 Å². The molecule has 0 radical (unpaired) electrons. The molecule has 11 rings (SSSR count). The predicted octanol–water partition coefficient (Wildman–Crippen LogP) is 12.7. The molecular weight excluding hydrogens is 663 g/mol. The first-order chi connectivity index (χ1) is 26.5. The Labute approximate surface area is 311 Å². The van der Waals surface area contributed by atoms with E-state index in [0.29, 0.717) is 11.4 Å². The second-order valence-electron chi connectivity index (χ2n) is 13.7. The van der Waals surface area contributed by atoms with Gasteiger partial charge in [0, 0.05) is 32.7 Å². The largest absolute Gasteiger partial charge is 0.456 e. The third kappa shape index (κ3) is 5.09. The first kappa shape index (κ1) is 31.5. The van der Waals surface area contributed by atoms with Crippen molar-refractivity contribution in [1.82, 2.24) is 0 Å². The lowest BCUT2D eigenvalue weighted by molar-refractivity contribution is 0.668. The molecule has 1 aliphatic rings. The van der Waals surface area contributed by atoms with Gasteiger partial charge in [-0.15, -0.1) is 0 Å². The molecule has 0 saturated carbocycles. The Hall–Kier alpha value is -7.24. The Bertz CT molecular complexity index is 3140. The summed E-state index contributed by atoms with van der Waals surface area (Å²) in [5.74, 6) is 0.434. The first-order valence-corrected chi connectivity index (χ1v) is 18.0. The summed E-state index contributed by atoms with van der Waals surface area (Å²) in [6.07, 6.45) is 0. The highest BCUT2D eigenvalue weighted by Crippen LogP contribution is 2.51. The Morgan fingerprint density at radius 1 is 0.500 bits per heavy atom. The molecule has 8 aromatic carbocycles. The fraction of sp³-hybridized carbons (Fsp3) is 0.0204. The van der Waals surface area contributed by atoms with Gasteiger partial charge in [0.15, 0.2) is 5.84 Å². The molecule has 0 atom stereocenters. The maximum absolute atomic E-state index is 8.21. The van der Waals surface area contributed by atoms with Crippen LogP contribution in [0.25, 0.3) is 88.0 Å². The van der Waals surface area contributed by atoms with Crippen molar-refractivity contribution in [3.63, 3.8) is 0 Å². The van der Waals surface area contributed by atoms with Crippen LogP contribution in [0.1, 0.15) is 16.7 Å². The highest BCUT2D eigenvalue weighted by atomic mass is 16.3. The molecule has 0 amide bonds. The molecule has 2 heterocycles. The summed E-state index contributed by atoms with van der Waals surface area (Å²) in [6.45, 7) is 2.15. The van der Waals surface area contributed by atoms with E-state index in [-0.39, 0.29) is 5.84 Å². The van der Waals surface area contributed by atoms with Gasteiger partial charge in [0.1, 0.15) is 28.2 Å². The standard InChI is InChI=1S/C29H18O.C20H15N3O/c1-17-6-2-13-26-27(17)24-16-19(14-15-25(24)30-26)20-9-5-11-22-21-10-3-7-18-8-4-12-23(28(18)21)29(20)22;21-19(13-6-2-1-3-7-13)23-20(22)14-10-11-16-15-8-4-5-9-17(15)24-18(16)12-14/h2-16H,1H3;1-12H,(H3,21,22,23). The van der Waals surface area contributed by atoms with Gasteiger partial charge in [-0.25, -0.2) is 4.99 Å². The number of nitrogens with zero attached hydrogens (tertiary/aromatic N) is 1. The topological polar surface area (TPSA) is 88.5 Å². The molecule has 54 heavy (non-hydrogen) atoms. The van der Waals surface area contributed by atoms with E-state index in [2.05, 4.69) is 103 Å². The monoisotopic (exact) mass is 695 g/mol. The highest BCUT2D eigenvalue weighted by Gasteiger charge is 2.24. The number of nitrogens with two attached hydrogens (primary N) is 1. The fourth-order valence-electron chi connectivity index (χ4n) is 7.98. The summed E-state index contributed by atoms with van der Waals surface area (Å²) >= 11 is 0. The summed E-state index contributed by atoms with van der Waals surface area (Å²) in [5.41, 5.74) is 20.0. The van der Waals surface area contributed by atoms with Gasteiger partial charge in [0.2, 0.25) is 0 Å². The number of aryl methyl sites for hydroxylation is 1. The minimum Gasteiger partial charge on any atom is -0.456 e. The normalized spacial score (nSPS) is 12.1. The average molecular weight is 696 g/mol. The van der Waals surface area contributed by atoms with Crippen molar-refractivity contribution in [2.45, 2.75) is 6.92 Å². The molecule has 5 nitrogen and oxygen atoms in total. The Balaban J connectivity index is 0.000000137. The average Bonchev–Trinajstić information content (AvgIpc) is 3.89. The molecule has 10 aromatic rings. The lowest BCUT2D eigenvalue weighted by Gasteiger charge is -2.11. The molecule has 0 spiro atoms. The zero-order chi connectivity index (χ0) is 36.3. The lowest BCUT2D eigenvalue weighted by atomic mass is 9.92. The molecule has 0 aliphatic heterocycles. The molecule has 0 unspecified atom stereocenters. The number of amidine groups is 2. The van der Waals surface area contributed by atoms with Gasteiger partial charge in [-0.3, -0.25) is 5.41 Å². The van der Waals surface area contributed by atoms with E-state index >= 15 is 0 Å². The molecule has 5 heteroatoms. The van der Waals surface area contributed by atoms with Crippen LogP contribution < -0.4 is 5.73 Å². The van der Waals surface area contributed by atoms with Crippen LogP contribution in [0, 0.1) is 12.3 Å². The van der Waals surface area contributed by atoms with Crippen LogP contribution >= 0.6 is 0 Å². The molecule has 2 aromatic heterocycles. The van der Waals surface area contributed by atoms with Crippen LogP contribution in [0.5, 0.6) is 0 Å². The molecule has 0 fully saturated rings. The van der Waals surface area contributed by atoms with E-state index in [4.69, 9.17) is 20.0 Å². The summed E-state index contributed by atoms with van der Waals surface area (Å²) in [4.78, 5) is 4.21. The van der Waals surface area contributed by atoms with Crippen molar-refractivity contribution >= 4 is 66.3 Å². The molecule has 0 saturated heterocycles. The molecule has 1 aliphatic carbocycles. The third-order valence-corrected chi connectivity index (χ3v) is 10.5. The van der Waals surface area contributed by atoms with Gasteiger partial charge in [0.25, 0.3) is 0 Å². The number of hydrogen-bond donors (Lipinski definition) is 2. The van der Waals surface area contributed by atoms with E-state index in [1.165, 1.54) is 60.5 Å². The van der Waals surface area contributed by atoms with Crippen LogP contribution in [0.15, 0.2) is 178 Å². The second kappa shape index (κ2) is 12.5. The maximum atomic E-state index is 8.21. The predicted molar refractivity (Wildman–Crippen MR) is 224 cm³/mol. The van der Waals surface area contributed by atoms with Crippen LogP contribution in [-0.2, 0) is 0 Å². The van der Waals surface area contributed by atoms with Crippen molar-refractivity contribution in [2.24, 2.45) is 10.7 Å². The number of furan rings is 2. The Morgan fingerprint density at radius 3 is 2.04 bits per heavy atom. The number of fused-ring (bicyclic) bond motifs is 9. The summed E-state index contributed by atoms with van der Waals surface area (Å²) in [7, 11) is 0. The van der Waals surface area contributed by atoms with E-state index in [1.807, 2.05) is 72.8 Å². The minimum absolute atomic E-state index is 0.110. The summed E-state index contributed by atoms with van der Waals surface area (Å²) < 4.78 is 12.0. The molecule has 0 bridgehead atoms. The maximum Gasteiger partial charge on any atom is 0.154 e. The van der Waals surface area contributed by atoms with Gasteiger partial charge < -0.3 is 14.6 Å². The van der Waals surface area contributed by atoms with Gasteiger partial charge in [0.05, 0.1) is 0 Å². The van der Waals surface area contributed by atoms with Gasteiger partial charge >= 0.3 is 0 Å². The van der Waals surface area contributed by atoms with Crippen molar-refractivity contribution in [1.29, 1.82) is 5.41 Å². The number of aliphatic imine (C=N–C) groups is 1. The number of para-hydroxylation sites is 1. The smallest absolute Gasteiger partial charge is 0.154 e. The number of nitrogens with one attached hydrogen (secondary N) is 1. The number of rotatable bonds is 3. The van der Waals surface area contributed by atoms with Crippen LogP contribution in [0.4, 0.5) is 0 Å². The Morgan fingerprint density at radius 2 is 1.17 bits per heavy atom. The van der Waals surface area contributed by atoms with Gasteiger partial charge in [-0.2, -0.15) is 0 Å². The van der Waals surface area contributed by atoms with Gasteiger partial charge in [-0.05, 0) is 93.0 Å². The Kier molecular flexibility index (Phi) is 7.27. The number of hydrogen-bond acceptors (Lipinski definition) is 3. The van der Waals surface area contributed by atoms with Crippen LogP contribution in [0.2, 0.25) is 0 Å². The third-order valence-electron chi connectivity index (χ3n) is 10.5. The van der Waals surface area contributed by atoms with Crippen molar-refractivity contribution in [2.75, 3.05) is 0 Å². The zero-order valence-corrected chi connectivity index (χ0v) is 29.4. The SMILES string of the molecule is Cc1cccc2oc3ccc(-c4cccc5c4-c4cccc6cccc-5c46)cc3c12.N=C(N=C(N)c1ccccc1)c1ccc2c(c1)oc1ccccc12. The minimum atomic E-state index is 0.110. The highest BCUT2D eigenvalue weighted by molar-refractivity contribution is 6.19. The van der Waals surface area contributed by atoms with E-state index in [9.17, 15) is 0 Å². The van der Waals surface area contributed by atoms with Crippen LogP contribution in [-0.4, -0.2) is 11.7 Å². The lowest BCUT2D eigenvalue weighted by Crippen LogP contribution is -2.15. The molecule has 3 N–H and O–H groups in total. The van der Waals surface area contributed by atoms with Crippen LogP contribution in [0.3, 0.4) is 0 Å². The molecular formula is C49H33N3O2. The van der Waals surface area contributed by atoms with E-state index < -0.39 is 0 Å². The second-order valence-corrected chi connectivity index (χ2v) is 13.7. The zero-order valence-electron chi connectivity index (χ0n) is 29.4. The van der Waals surface area contributed by atoms with E-state index in [0.717, 1.165) is 38.7 Å². The quantitative estimate of drug-likeness (QED) is 0.142. The van der Waals surface area contributed by atoms with Gasteiger partial charge in [-0.1, -0.05) is 127 Å². The first-order valence-electron chi connectivity index (χ1n) is 18.0. The van der Waals surface area contributed by atoms with Crippen molar-refractivity contribution in [3.8, 4) is 33.4 Å².